The zero-order valence-corrected chi connectivity index (χ0v) is 11.1. The Bertz CT molecular complexity index is 459. The van der Waals surface area contributed by atoms with E-state index in [0.29, 0.717) is 17.8 Å². The van der Waals surface area contributed by atoms with Crippen molar-refractivity contribution in [3.05, 3.63) is 24.3 Å². The van der Waals surface area contributed by atoms with Gasteiger partial charge in [0.15, 0.2) is 0 Å². The normalized spacial score (nSPS) is 19.6. The predicted octanol–water partition coefficient (Wildman–Crippen LogP) is 2.04. The number of carbonyl (C=O) groups excluding carboxylic acids is 2. The van der Waals surface area contributed by atoms with E-state index in [1.807, 2.05) is 0 Å². The Balaban J connectivity index is 2.16. The summed E-state index contributed by atoms with van der Waals surface area (Å²) in [7, 11) is 0. The van der Waals surface area contributed by atoms with Crippen LogP contribution in [0.4, 0.5) is 11.4 Å². The van der Waals surface area contributed by atoms with E-state index in [0.717, 1.165) is 12.2 Å². The maximum Gasteiger partial charge on any atom is 0.247 e. The first-order valence-corrected chi connectivity index (χ1v) is 7.02. The summed E-state index contributed by atoms with van der Waals surface area (Å²) < 4.78 is 0. The Morgan fingerprint density at radius 1 is 1.33 bits per heavy atom. The summed E-state index contributed by atoms with van der Waals surface area (Å²) in [5.74, 6) is 0.667. The number of nitrogen functional groups attached to an aromatic ring is 1. The SMILES string of the molecule is CCCSC1CC(=O)N(c2ccc(N)cc2)C1=O. The standard InChI is InChI=1S/C13H16N2O2S/c1-2-7-18-11-8-12(16)15(13(11)17)10-5-3-9(14)4-6-10/h3-6,11H,2,7-8,14H2,1H3. The number of hydrogen-bond acceptors (Lipinski definition) is 4. The molecule has 0 radical (unpaired) electrons. The summed E-state index contributed by atoms with van der Waals surface area (Å²) in [5.41, 5.74) is 6.83. The summed E-state index contributed by atoms with van der Waals surface area (Å²) in [5, 5.41) is -0.227. The number of rotatable bonds is 4. The highest BCUT2D eigenvalue weighted by Crippen LogP contribution is 2.30. The first-order valence-electron chi connectivity index (χ1n) is 5.97. The van der Waals surface area contributed by atoms with Crippen molar-refractivity contribution < 1.29 is 9.59 Å². The van der Waals surface area contributed by atoms with Gasteiger partial charge < -0.3 is 5.73 Å². The van der Waals surface area contributed by atoms with Crippen molar-refractivity contribution in [1.29, 1.82) is 0 Å². The summed E-state index contributed by atoms with van der Waals surface area (Å²) in [6.45, 7) is 2.06. The lowest BCUT2D eigenvalue weighted by atomic mass is 10.2. The summed E-state index contributed by atoms with van der Waals surface area (Å²) in [6.07, 6.45) is 1.30. The molecular weight excluding hydrogens is 248 g/mol. The van der Waals surface area contributed by atoms with Gasteiger partial charge in [-0.1, -0.05) is 6.92 Å². The van der Waals surface area contributed by atoms with E-state index < -0.39 is 0 Å². The van der Waals surface area contributed by atoms with Crippen LogP contribution >= 0.6 is 11.8 Å². The molecule has 1 atom stereocenters. The highest BCUT2D eigenvalue weighted by molar-refractivity contribution is 8.00. The minimum Gasteiger partial charge on any atom is -0.399 e. The van der Waals surface area contributed by atoms with Gasteiger partial charge in [0, 0.05) is 12.1 Å². The maximum absolute atomic E-state index is 12.2. The van der Waals surface area contributed by atoms with Crippen molar-refractivity contribution >= 4 is 35.0 Å². The van der Waals surface area contributed by atoms with Crippen molar-refractivity contribution in [2.75, 3.05) is 16.4 Å². The lowest BCUT2D eigenvalue weighted by molar-refractivity contribution is -0.121. The largest absolute Gasteiger partial charge is 0.399 e. The molecule has 96 valence electrons. The highest BCUT2D eigenvalue weighted by atomic mass is 32.2. The quantitative estimate of drug-likeness (QED) is 0.667. The molecule has 2 rings (SSSR count). The summed E-state index contributed by atoms with van der Waals surface area (Å²) >= 11 is 1.56. The van der Waals surface area contributed by atoms with Crippen molar-refractivity contribution in [2.24, 2.45) is 0 Å². The molecule has 1 aliphatic rings. The van der Waals surface area contributed by atoms with Crippen LogP contribution < -0.4 is 10.6 Å². The van der Waals surface area contributed by atoms with Gasteiger partial charge in [-0.3, -0.25) is 9.59 Å². The molecule has 0 saturated carbocycles. The highest BCUT2D eigenvalue weighted by Gasteiger charge is 2.39. The number of carbonyl (C=O) groups is 2. The number of imide groups is 1. The molecule has 2 N–H and O–H groups in total. The van der Waals surface area contributed by atoms with E-state index in [1.165, 1.54) is 4.90 Å². The third-order valence-corrected chi connectivity index (χ3v) is 4.19. The molecule has 0 aromatic heterocycles. The molecule has 0 aliphatic carbocycles. The lowest BCUT2D eigenvalue weighted by Crippen LogP contribution is -2.31. The second-order valence-electron chi connectivity index (χ2n) is 4.22. The van der Waals surface area contributed by atoms with Gasteiger partial charge in [-0.15, -0.1) is 11.8 Å². The molecule has 1 saturated heterocycles. The van der Waals surface area contributed by atoms with E-state index in [2.05, 4.69) is 6.92 Å². The van der Waals surface area contributed by atoms with Crippen LogP contribution in [0.15, 0.2) is 24.3 Å². The van der Waals surface area contributed by atoms with Crippen LogP contribution in [0.5, 0.6) is 0 Å². The fourth-order valence-electron chi connectivity index (χ4n) is 1.89. The molecule has 0 bridgehead atoms. The third kappa shape index (κ3) is 2.51. The molecule has 1 aromatic rings. The number of amides is 2. The average molecular weight is 264 g/mol. The molecule has 1 heterocycles. The minimum atomic E-state index is -0.227. The van der Waals surface area contributed by atoms with Gasteiger partial charge in [-0.25, -0.2) is 4.90 Å². The number of nitrogens with zero attached hydrogens (tertiary/aromatic N) is 1. The number of hydrogen-bond donors (Lipinski definition) is 1. The van der Waals surface area contributed by atoms with E-state index in [4.69, 9.17) is 5.73 Å². The van der Waals surface area contributed by atoms with Crippen LogP contribution in [0.3, 0.4) is 0 Å². The zero-order chi connectivity index (χ0) is 13.1. The average Bonchev–Trinajstić information content (AvgIpc) is 2.63. The fourth-order valence-corrected chi connectivity index (χ4v) is 2.92. The molecule has 0 spiro atoms. The zero-order valence-electron chi connectivity index (χ0n) is 10.3. The second kappa shape index (κ2) is 5.44. The molecule has 4 nitrogen and oxygen atoms in total. The summed E-state index contributed by atoms with van der Waals surface area (Å²) in [6, 6.07) is 6.81. The van der Waals surface area contributed by atoms with Crippen LogP contribution in [0.1, 0.15) is 19.8 Å². The van der Waals surface area contributed by atoms with E-state index in [9.17, 15) is 9.59 Å². The van der Waals surface area contributed by atoms with Gasteiger partial charge in [-0.05, 0) is 36.4 Å². The van der Waals surface area contributed by atoms with Gasteiger partial charge in [0.1, 0.15) is 0 Å². The van der Waals surface area contributed by atoms with E-state index in [1.54, 1.807) is 36.0 Å². The first kappa shape index (κ1) is 13.0. The Morgan fingerprint density at radius 3 is 2.61 bits per heavy atom. The Morgan fingerprint density at radius 2 is 2.00 bits per heavy atom. The van der Waals surface area contributed by atoms with Crippen LogP contribution in [-0.4, -0.2) is 22.8 Å². The van der Waals surface area contributed by atoms with Crippen LogP contribution in [0.25, 0.3) is 0 Å². The number of thioether (sulfide) groups is 1. The lowest BCUT2D eigenvalue weighted by Gasteiger charge is -2.14. The van der Waals surface area contributed by atoms with E-state index in [-0.39, 0.29) is 17.1 Å². The van der Waals surface area contributed by atoms with Crippen molar-refractivity contribution in [3.8, 4) is 0 Å². The molecular formula is C13H16N2O2S. The monoisotopic (exact) mass is 264 g/mol. The first-order chi connectivity index (χ1) is 8.63. The number of nitrogens with two attached hydrogens (primary N) is 1. The Kier molecular flexibility index (Phi) is 3.91. The Labute approximate surface area is 111 Å². The maximum atomic E-state index is 12.2. The minimum absolute atomic E-state index is 0.108. The van der Waals surface area contributed by atoms with Crippen molar-refractivity contribution in [2.45, 2.75) is 25.0 Å². The van der Waals surface area contributed by atoms with Gasteiger partial charge in [-0.2, -0.15) is 0 Å². The van der Waals surface area contributed by atoms with Gasteiger partial charge in [0.05, 0.1) is 10.9 Å². The van der Waals surface area contributed by atoms with Crippen LogP contribution in [0.2, 0.25) is 0 Å². The molecule has 1 unspecified atom stereocenters. The Hall–Kier alpha value is -1.49. The van der Waals surface area contributed by atoms with Gasteiger partial charge >= 0.3 is 0 Å². The number of benzene rings is 1. The molecule has 18 heavy (non-hydrogen) atoms. The molecule has 2 amide bonds. The summed E-state index contributed by atoms with van der Waals surface area (Å²) in [4.78, 5) is 25.3. The van der Waals surface area contributed by atoms with E-state index >= 15 is 0 Å². The molecule has 5 heteroatoms. The predicted molar refractivity (Wildman–Crippen MR) is 74.5 cm³/mol. The molecule has 1 aliphatic heterocycles. The third-order valence-electron chi connectivity index (χ3n) is 2.78. The van der Waals surface area contributed by atoms with Crippen LogP contribution in [0, 0.1) is 0 Å². The smallest absolute Gasteiger partial charge is 0.247 e. The fraction of sp³-hybridized carbons (Fsp3) is 0.385. The topological polar surface area (TPSA) is 63.4 Å². The second-order valence-corrected chi connectivity index (χ2v) is 5.53. The van der Waals surface area contributed by atoms with Crippen molar-refractivity contribution in [3.63, 3.8) is 0 Å². The molecule has 1 aromatic carbocycles. The number of anilines is 2. The van der Waals surface area contributed by atoms with Gasteiger partial charge in [0.2, 0.25) is 11.8 Å². The molecule has 1 fully saturated rings. The van der Waals surface area contributed by atoms with Gasteiger partial charge in [0.25, 0.3) is 0 Å². The van der Waals surface area contributed by atoms with Crippen molar-refractivity contribution in [1.82, 2.24) is 0 Å². The van der Waals surface area contributed by atoms with Crippen LogP contribution in [-0.2, 0) is 9.59 Å².